The molecule has 39 heavy (non-hydrogen) atoms. The number of ketones is 2. The number of nitrogens with zero attached hydrogens (tertiary/aromatic N) is 2. The minimum atomic E-state index is -4.47. The first kappa shape index (κ1) is 28.7. The summed E-state index contributed by atoms with van der Waals surface area (Å²) in [5.74, 6) is -1.75. The van der Waals surface area contributed by atoms with Gasteiger partial charge < -0.3 is 4.74 Å². The monoisotopic (exact) mass is 588 g/mol. The van der Waals surface area contributed by atoms with E-state index in [0.717, 1.165) is 6.07 Å². The van der Waals surface area contributed by atoms with E-state index in [-0.39, 0.29) is 52.7 Å². The molecule has 1 unspecified atom stereocenters. The van der Waals surface area contributed by atoms with Crippen LogP contribution < -0.4 is 4.74 Å². The van der Waals surface area contributed by atoms with Crippen molar-refractivity contribution in [2.45, 2.75) is 37.0 Å². The van der Waals surface area contributed by atoms with E-state index in [0.29, 0.717) is 32.8 Å². The molecule has 1 aromatic heterocycles. The van der Waals surface area contributed by atoms with Crippen molar-refractivity contribution in [2.75, 3.05) is 13.7 Å². The summed E-state index contributed by atoms with van der Waals surface area (Å²) < 4.78 is 33.3. The number of pyridine rings is 1. The lowest BCUT2D eigenvalue weighted by Gasteiger charge is -2.24. The molecular formula is C28H26Cl2N2O6S. The summed E-state index contributed by atoms with van der Waals surface area (Å²) in [6.45, 7) is -0.587. The predicted octanol–water partition coefficient (Wildman–Crippen LogP) is 4.95. The number of amides is 1. The first-order chi connectivity index (χ1) is 18.6. The second-order valence-electron chi connectivity index (χ2n) is 9.17. The standard InChI is InChI=1S/C28H26Cl2N2O6S/c1-38-27-12-6-20(29)15-19(27)14-18-5-8-22(33)17-32(28(18)35)39(36,37)23-9-10-25(30)24(16-23)26(34)11-7-21-4-2-3-13-31-21/h2-4,6,9-10,12-13,15-16,18H,5,7-8,11,14,17H2,1H3. The quantitative estimate of drug-likeness (QED) is 0.325. The van der Waals surface area contributed by atoms with Crippen LogP contribution in [0.4, 0.5) is 0 Å². The minimum absolute atomic E-state index is 0.0162. The molecule has 8 nitrogen and oxygen atoms in total. The van der Waals surface area contributed by atoms with E-state index in [4.69, 9.17) is 27.9 Å². The fourth-order valence-corrected chi connectivity index (χ4v) is 6.35. The highest BCUT2D eigenvalue weighted by atomic mass is 35.5. The number of carbonyl (C=O) groups excluding carboxylic acids is 3. The maximum Gasteiger partial charge on any atom is 0.266 e. The van der Waals surface area contributed by atoms with Crippen LogP contribution in [0, 0.1) is 5.92 Å². The molecular weight excluding hydrogens is 563 g/mol. The molecule has 4 rings (SSSR count). The maximum atomic E-state index is 13.7. The molecule has 3 aromatic rings. The van der Waals surface area contributed by atoms with Crippen LogP contribution in [0.5, 0.6) is 5.75 Å². The highest BCUT2D eigenvalue weighted by molar-refractivity contribution is 7.89. The number of ether oxygens (including phenoxy) is 1. The molecule has 0 bridgehead atoms. The average molecular weight is 589 g/mol. The number of hydrogen-bond acceptors (Lipinski definition) is 7. The van der Waals surface area contributed by atoms with Crippen LogP contribution in [0.1, 0.15) is 40.9 Å². The molecule has 0 aliphatic carbocycles. The fraction of sp³-hybridized carbons (Fsp3) is 0.286. The van der Waals surface area contributed by atoms with E-state index in [1.54, 1.807) is 36.5 Å². The molecule has 204 valence electrons. The number of halogens is 2. The van der Waals surface area contributed by atoms with Crippen LogP contribution in [-0.2, 0) is 32.5 Å². The van der Waals surface area contributed by atoms with Crippen molar-refractivity contribution in [1.82, 2.24) is 9.29 Å². The van der Waals surface area contributed by atoms with Gasteiger partial charge in [0.15, 0.2) is 11.6 Å². The van der Waals surface area contributed by atoms with Gasteiger partial charge in [-0.1, -0.05) is 29.3 Å². The number of aryl methyl sites for hydroxylation is 1. The maximum absolute atomic E-state index is 13.7. The largest absolute Gasteiger partial charge is 0.496 e. The van der Waals surface area contributed by atoms with Gasteiger partial charge in [-0.05, 0) is 73.4 Å². The molecule has 1 fully saturated rings. The van der Waals surface area contributed by atoms with Crippen LogP contribution >= 0.6 is 23.2 Å². The van der Waals surface area contributed by atoms with Gasteiger partial charge in [0.1, 0.15) is 5.75 Å². The van der Waals surface area contributed by atoms with E-state index < -0.39 is 28.4 Å². The number of rotatable bonds is 9. The first-order valence-corrected chi connectivity index (χ1v) is 14.4. The number of Topliss-reactive ketones (excluding diaryl/α,β-unsaturated/α-hetero) is 2. The summed E-state index contributed by atoms with van der Waals surface area (Å²) in [7, 11) is -2.99. The number of aromatic nitrogens is 1. The van der Waals surface area contributed by atoms with Crippen molar-refractivity contribution in [1.29, 1.82) is 0 Å². The van der Waals surface area contributed by atoms with Gasteiger partial charge in [0.05, 0.1) is 23.6 Å². The molecule has 0 saturated carbocycles. The Balaban J connectivity index is 1.61. The number of hydrogen-bond donors (Lipinski definition) is 0. The van der Waals surface area contributed by atoms with Crippen LogP contribution in [0.15, 0.2) is 65.7 Å². The zero-order valence-electron chi connectivity index (χ0n) is 21.1. The van der Waals surface area contributed by atoms with Crippen molar-refractivity contribution < 1.29 is 27.5 Å². The summed E-state index contributed by atoms with van der Waals surface area (Å²) in [5, 5.41) is 0.526. The molecule has 1 amide bonds. The summed E-state index contributed by atoms with van der Waals surface area (Å²) in [6.07, 6.45) is 2.39. The Bertz CT molecular complexity index is 1510. The van der Waals surface area contributed by atoms with Gasteiger partial charge in [-0.25, -0.2) is 12.7 Å². The van der Waals surface area contributed by atoms with Crippen molar-refractivity contribution in [3.63, 3.8) is 0 Å². The molecule has 0 spiro atoms. The lowest BCUT2D eigenvalue weighted by molar-refractivity contribution is -0.131. The van der Waals surface area contributed by atoms with Crippen molar-refractivity contribution >= 4 is 50.7 Å². The molecule has 1 saturated heterocycles. The Hall–Kier alpha value is -3.27. The molecule has 1 aliphatic heterocycles. The molecule has 0 radical (unpaired) electrons. The van der Waals surface area contributed by atoms with Gasteiger partial charge in [-0.2, -0.15) is 0 Å². The van der Waals surface area contributed by atoms with Gasteiger partial charge in [0.25, 0.3) is 10.0 Å². The van der Waals surface area contributed by atoms with Gasteiger partial charge in [0, 0.05) is 41.2 Å². The Morgan fingerprint density at radius 1 is 1.10 bits per heavy atom. The highest BCUT2D eigenvalue weighted by Crippen LogP contribution is 2.31. The van der Waals surface area contributed by atoms with Crippen LogP contribution in [0.3, 0.4) is 0 Å². The van der Waals surface area contributed by atoms with Crippen LogP contribution in [0.2, 0.25) is 10.0 Å². The SMILES string of the molecule is COc1ccc(Cl)cc1CC1CCC(=O)CN(S(=O)(=O)c2ccc(Cl)c(C(=O)CCc3ccccn3)c2)C1=O. The Kier molecular flexibility index (Phi) is 9.04. The Morgan fingerprint density at radius 3 is 2.62 bits per heavy atom. The highest BCUT2D eigenvalue weighted by Gasteiger charge is 2.38. The fourth-order valence-electron chi connectivity index (χ4n) is 4.47. The van der Waals surface area contributed by atoms with Crippen LogP contribution in [-0.4, -0.2) is 48.8 Å². The number of methoxy groups -OCH3 is 1. The number of carbonyl (C=O) groups is 3. The second kappa shape index (κ2) is 12.3. The molecule has 0 N–H and O–H groups in total. The third kappa shape index (κ3) is 6.66. The third-order valence-corrected chi connectivity index (χ3v) is 8.86. The molecule has 2 heterocycles. The normalized spacial score (nSPS) is 16.2. The first-order valence-electron chi connectivity index (χ1n) is 12.2. The van der Waals surface area contributed by atoms with Crippen molar-refractivity contribution in [2.24, 2.45) is 5.92 Å². The third-order valence-electron chi connectivity index (χ3n) is 6.56. The van der Waals surface area contributed by atoms with E-state index >= 15 is 0 Å². The lowest BCUT2D eigenvalue weighted by atomic mass is 9.93. The van der Waals surface area contributed by atoms with Gasteiger partial charge in [-0.15, -0.1) is 0 Å². The topological polar surface area (TPSA) is 111 Å². The zero-order chi connectivity index (χ0) is 28.2. The second-order valence-corrected chi connectivity index (χ2v) is 11.9. The van der Waals surface area contributed by atoms with E-state index in [1.165, 1.54) is 19.2 Å². The summed E-state index contributed by atoms with van der Waals surface area (Å²) in [4.78, 5) is 43.0. The van der Waals surface area contributed by atoms with Crippen molar-refractivity contribution in [3.8, 4) is 5.75 Å². The summed E-state index contributed by atoms with van der Waals surface area (Å²) in [5.41, 5.74) is 1.35. The molecule has 11 heteroatoms. The number of sulfonamides is 1. The lowest BCUT2D eigenvalue weighted by Crippen LogP contribution is -2.42. The zero-order valence-corrected chi connectivity index (χ0v) is 23.4. The summed E-state index contributed by atoms with van der Waals surface area (Å²) in [6, 6.07) is 14.0. The van der Waals surface area contributed by atoms with Crippen LogP contribution in [0.25, 0.3) is 0 Å². The van der Waals surface area contributed by atoms with Gasteiger partial charge in [0.2, 0.25) is 5.91 Å². The smallest absolute Gasteiger partial charge is 0.266 e. The van der Waals surface area contributed by atoms with E-state index in [1.807, 2.05) is 6.07 Å². The summed E-state index contributed by atoms with van der Waals surface area (Å²) >= 11 is 12.4. The number of benzene rings is 2. The average Bonchev–Trinajstić information content (AvgIpc) is 3.06. The molecule has 2 aromatic carbocycles. The minimum Gasteiger partial charge on any atom is -0.496 e. The van der Waals surface area contributed by atoms with E-state index in [9.17, 15) is 22.8 Å². The predicted molar refractivity (Wildman–Crippen MR) is 147 cm³/mol. The van der Waals surface area contributed by atoms with Gasteiger partial charge in [-0.3, -0.25) is 19.4 Å². The Labute approximate surface area is 236 Å². The Morgan fingerprint density at radius 2 is 1.90 bits per heavy atom. The molecule has 1 atom stereocenters. The van der Waals surface area contributed by atoms with E-state index in [2.05, 4.69) is 4.98 Å². The molecule has 1 aliphatic rings. The van der Waals surface area contributed by atoms with Crippen molar-refractivity contribution in [3.05, 3.63) is 87.7 Å². The van der Waals surface area contributed by atoms with Gasteiger partial charge >= 0.3 is 0 Å².